The van der Waals surface area contributed by atoms with Crippen LogP contribution in [-0.4, -0.2) is 47.8 Å². The lowest BCUT2D eigenvalue weighted by Gasteiger charge is -2.27. The molecule has 0 aromatic carbocycles. The van der Waals surface area contributed by atoms with E-state index in [9.17, 15) is 9.59 Å². The van der Waals surface area contributed by atoms with Crippen molar-refractivity contribution < 1.29 is 14.0 Å². The molecule has 24 heavy (non-hydrogen) atoms. The quantitative estimate of drug-likeness (QED) is 0.838. The third-order valence-corrected chi connectivity index (χ3v) is 6.23. The lowest BCUT2D eigenvalue weighted by atomic mass is 9.91. The van der Waals surface area contributed by atoms with E-state index in [0.29, 0.717) is 37.2 Å². The maximum absolute atomic E-state index is 13.0. The number of fused-ring (bicyclic) bond motifs is 1. The van der Waals surface area contributed by atoms with Gasteiger partial charge in [-0.15, -0.1) is 0 Å². The van der Waals surface area contributed by atoms with Crippen LogP contribution in [-0.2, 0) is 4.79 Å². The average molecular weight is 330 g/mol. The standard InChI is InChI=1S/C19H26N2O3/c22-18(16-8-7-14-4-1-5-15(14)16)20-9-3-10-21(12-11-20)19(23)17-6-2-13-24-17/h2,6,13-16H,1,3-5,7-12H2/t14-,15-,16-/m0/s1. The first kappa shape index (κ1) is 15.7. The van der Waals surface area contributed by atoms with Crippen LogP contribution in [0.3, 0.4) is 0 Å². The molecule has 5 nitrogen and oxygen atoms in total. The van der Waals surface area contributed by atoms with Gasteiger partial charge in [0, 0.05) is 32.1 Å². The van der Waals surface area contributed by atoms with Gasteiger partial charge in [0.1, 0.15) is 0 Å². The molecule has 0 spiro atoms. The van der Waals surface area contributed by atoms with Crippen LogP contribution >= 0.6 is 0 Å². The van der Waals surface area contributed by atoms with E-state index in [1.807, 2.05) is 9.80 Å². The molecule has 3 aliphatic rings. The summed E-state index contributed by atoms with van der Waals surface area (Å²) in [5.74, 6) is 2.33. The molecule has 2 saturated carbocycles. The molecule has 5 heteroatoms. The molecule has 1 aromatic heterocycles. The second-order valence-electron chi connectivity index (χ2n) is 7.49. The highest BCUT2D eigenvalue weighted by Gasteiger charge is 2.43. The Balaban J connectivity index is 1.38. The molecule has 0 N–H and O–H groups in total. The Hall–Kier alpha value is -1.78. The van der Waals surface area contributed by atoms with E-state index in [1.54, 1.807) is 12.1 Å². The fourth-order valence-corrected chi connectivity index (χ4v) is 5.00. The van der Waals surface area contributed by atoms with E-state index in [4.69, 9.17) is 4.42 Å². The topological polar surface area (TPSA) is 53.8 Å². The van der Waals surface area contributed by atoms with Crippen LogP contribution in [0.15, 0.2) is 22.8 Å². The predicted molar refractivity (Wildman–Crippen MR) is 89.4 cm³/mol. The summed E-state index contributed by atoms with van der Waals surface area (Å²) in [4.78, 5) is 29.3. The third-order valence-electron chi connectivity index (χ3n) is 6.23. The molecular formula is C19H26N2O3. The molecule has 2 heterocycles. The summed E-state index contributed by atoms with van der Waals surface area (Å²) in [5.41, 5.74) is 0. The molecule has 1 aliphatic heterocycles. The Morgan fingerprint density at radius 3 is 2.62 bits per heavy atom. The number of furan rings is 1. The zero-order valence-corrected chi connectivity index (χ0v) is 14.2. The van der Waals surface area contributed by atoms with Gasteiger partial charge in [0.15, 0.2) is 5.76 Å². The van der Waals surface area contributed by atoms with E-state index < -0.39 is 0 Å². The minimum absolute atomic E-state index is 0.0639. The second kappa shape index (κ2) is 6.61. The zero-order valence-electron chi connectivity index (χ0n) is 14.2. The fraction of sp³-hybridized carbons (Fsp3) is 0.684. The first-order chi connectivity index (χ1) is 11.7. The molecular weight excluding hydrogens is 304 g/mol. The van der Waals surface area contributed by atoms with Crippen LogP contribution in [0.1, 0.15) is 49.1 Å². The van der Waals surface area contributed by atoms with Crippen molar-refractivity contribution in [1.82, 2.24) is 9.80 Å². The van der Waals surface area contributed by atoms with Crippen LogP contribution in [0.2, 0.25) is 0 Å². The first-order valence-corrected chi connectivity index (χ1v) is 9.35. The van der Waals surface area contributed by atoms with Gasteiger partial charge in [-0.05, 0) is 49.7 Å². The molecule has 0 unspecified atom stereocenters. The number of rotatable bonds is 2. The SMILES string of the molecule is O=C(c1ccco1)N1CCCN(C(=O)[C@H]2CC[C@@H]3CCC[C@@H]32)CC1. The molecule has 3 atom stereocenters. The van der Waals surface area contributed by atoms with Crippen molar-refractivity contribution in [3.05, 3.63) is 24.2 Å². The molecule has 1 saturated heterocycles. The summed E-state index contributed by atoms with van der Waals surface area (Å²) in [6, 6.07) is 3.44. The van der Waals surface area contributed by atoms with Gasteiger partial charge >= 0.3 is 0 Å². The van der Waals surface area contributed by atoms with E-state index >= 15 is 0 Å². The lowest BCUT2D eigenvalue weighted by Crippen LogP contribution is -2.41. The summed E-state index contributed by atoms with van der Waals surface area (Å²) in [7, 11) is 0. The number of amides is 2. The highest BCUT2D eigenvalue weighted by Crippen LogP contribution is 2.48. The fourth-order valence-electron chi connectivity index (χ4n) is 5.00. The van der Waals surface area contributed by atoms with E-state index in [0.717, 1.165) is 25.3 Å². The molecule has 2 amide bonds. The molecule has 1 aromatic rings. The smallest absolute Gasteiger partial charge is 0.289 e. The maximum Gasteiger partial charge on any atom is 0.289 e. The van der Waals surface area contributed by atoms with Gasteiger partial charge in [-0.2, -0.15) is 0 Å². The van der Waals surface area contributed by atoms with E-state index in [-0.39, 0.29) is 11.8 Å². The normalized spacial score (nSPS) is 30.2. The molecule has 4 rings (SSSR count). The number of hydrogen-bond acceptors (Lipinski definition) is 3. The van der Waals surface area contributed by atoms with Gasteiger partial charge < -0.3 is 14.2 Å². The van der Waals surface area contributed by atoms with Crippen molar-refractivity contribution >= 4 is 11.8 Å². The summed E-state index contributed by atoms with van der Waals surface area (Å²) >= 11 is 0. The van der Waals surface area contributed by atoms with Crippen LogP contribution in [0.5, 0.6) is 0 Å². The van der Waals surface area contributed by atoms with Crippen LogP contribution < -0.4 is 0 Å². The van der Waals surface area contributed by atoms with Crippen molar-refractivity contribution in [1.29, 1.82) is 0 Å². The van der Waals surface area contributed by atoms with Crippen LogP contribution in [0.4, 0.5) is 0 Å². The van der Waals surface area contributed by atoms with Crippen molar-refractivity contribution in [3.63, 3.8) is 0 Å². The van der Waals surface area contributed by atoms with Crippen LogP contribution in [0, 0.1) is 17.8 Å². The Morgan fingerprint density at radius 2 is 1.79 bits per heavy atom. The summed E-state index contributed by atoms with van der Waals surface area (Å²) in [6.45, 7) is 2.72. The second-order valence-corrected chi connectivity index (χ2v) is 7.49. The Labute approximate surface area is 143 Å². The monoisotopic (exact) mass is 330 g/mol. The van der Waals surface area contributed by atoms with Gasteiger partial charge in [-0.1, -0.05) is 12.8 Å². The van der Waals surface area contributed by atoms with Gasteiger partial charge in [0.05, 0.1) is 6.26 Å². The van der Waals surface area contributed by atoms with Gasteiger partial charge in [0.2, 0.25) is 5.91 Å². The highest BCUT2D eigenvalue weighted by atomic mass is 16.3. The minimum Gasteiger partial charge on any atom is -0.459 e. The largest absolute Gasteiger partial charge is 0.459 e. The van der Waals surface area contributed by atoms with Crippen molar-refractivity contribution in [2.75, 3.05) is 26.2 Å². The first-order valence-electron chi connectivity index (χ1n) is 9.35. The van der Waals surface area contributed by atoms with Crippen molar-refractivity contribution in [2.24, 2.45) is 17.8 Å². The Morgan fingerprint density at radius 1 is 0.958 bits per heavy atom. The highest BCUT2D eigenvalue weighted by molar-refractivity contribution is 5.91. The Bertz CT molecular complexity index is 598. The van der Waals surface area contributed by atoms with Gasteiger partial charge in [-0.3, -0.25) is 9.59 Å². The molecule has 0 radical (unpaired) electrons. The summed E-state index contributed by atoms with van der Waals surface area (Å²) in [5, 5.41) is 0. The average Bonchev–Trinajstić information content (AvgIpc) is 3.28. The van der Waals surface area contributed by atoms with Crippen molar-refractivity contribution in [2.45, 2.75) is 38.5 Å². The molecule has 3 fully saturated rings. The number of hydrogen-bond donors (Lipinski definition) is 0. The summed E-state index contributed by atoms with van der Waals surface area (Å²) in [6.07, 6.45) is 8.53. The molecule has 0 bridgehead atoms. The number of carbonyl (C=O) groups is 2. The van der Waals surface area contributed by atoms with Gasteiger partial charge in [-0.25, -0.2) is 0 Å². The zero-order chi connectivity index (χ0) is 16.5. The van der Waals surface area contributed by atoms with Gasteiger partial charge in [0.25, 0.3) is 5.91 Å². The maximum atomic E-state index is 13.0. The Kier molecular flexibility index (Phi) is 4.33. The minimum atomic E-state index is -0.0639. The predicted octanol–water partition coefficient (Wildman–Crippen LogP) is 2.78. The lowest BCUT2D eigenvalue weighted by molar-refractivity contribution is -0.136. The molecule has 130 valence electrons. The van der Waals surface area contributed by atoms with Crippen LogP contribution in [0.25, 0.3) is 0 Å². The third kappa shape index (κ3) is 2.85. The van der Waals surface area contributed by atoms with E-state index in [2.05, 4.69) is 0 Å². The molecule has 2 aliphatic carbocycles. The summed E-state index contributed by atoms with van der Waals surface area (Å²) < 4.78 is 5.22. The number of carbonyl (C=O) groups excluding carboxylic acids is 2. The van der Waals surface area contributed by atoms with E-state index in [1.165, 1.54) is 31.9 Å². The van der Waals surface area contributed by atoms with Crippen molar-refractivity contribution in [3.8, 4) is 0 Å². The number of nitrogens with zero attached hydrogens (tertiary/aromatic N) is 2.